The number of carbonyl (C=O) groups excluding carboxylic acids is 1. The topological polar surface area (TPSA) is 70.6 Å². The number of rotatable bonds is 5. The third kappa shape index (κ3) is 4.78. The Labute approximate surface area is 172 Å². The second-order valence-electron chi connectivity index (χ2n) is 7.60. The molecule has 4 rings (SSSR count). The fraction of sp³-hybridized carbons (Fsp3) is 0.500. The van der Waals surface area contributed by atoms with Crippen LogP contribution in [0.5, 0.6) is 0 Å². The molecule has 29 heavy (non-hydrogen) atoms. The minimum atomic E-state index is -0.212. The molecule has 2 saturated heterocycles. The summed E-state index contributed by atoms with van der Waals surface area (Å²) in [6, 6.07) is 12.5. The summed E-state index contributed by atoms with van der Waals surface area (Å²) < 4.78 is 5.11. The van der Waals surface area contributed by atoms with E-state index in [1.165, 1.54) is 12.8 Å². The molecule has 0 saturated carbocycles. The Kier molecular flexibility index (Phi) is 6.12. The lowest BCUT2D eigenvalue weighted by Crippen LogP contribution is -2.42. The lowest BCUT2D eigenvalue weighted by atomic mass is 10.1. The van der Waals surface area contributed by atoms with Crippen LogP contribution in [0.15, 0.2) is 36.4 Å². The Hall–Kier alpha value is -2.83. The summed E-state index contributed by atoms with van der Waals surface area (Å²) in [4.78, 5) is 25.7. The summed E-state index contributed by atoms with van der Waals surface area (Å²) in [6.45, 7) is 5.74. The highest BCUT2D eigenvalue weighted by Crippen LogP contribution is 2.26. The minimum Gasteiger partial charge on any atom is -0.450 e. The van der Waals surface area contributed by atoms with E-state index in [1.807, 2.05) is 37.3 Å². The number of hydrogen-bond acceptors (Lipinski definition) is 6. The number of carbonyl (C=O) groups is 1. The van der Waals surface area contributed by atoms with Gasteiger partial charge in [-0.2, -0.15) is 0 Å². The van der Waals surface area contributed by atoms with Crippen LogP contribution in [0.3, 0.4) is 0 Å². The van der Waals surface area contributed by atoms with Gasteiger partial charge >= 0.3 is 6.09 Å². The van der Waals surface area contributed by atoms with Crippen LogP contribution < -0.4 is 10.2 Å². The molecule has 7 nitrogen and oxygen atoms in total. The van der Waals surface area contributed by atoms with E-state index in [4.69, 9.17) is 14.7 Å². The van der Waals surface area contributed by atoms with Gasteiger partial charge in [0.15, 0.2) is 5.82 Å². The maximum Gasteiger partial charge on any atom is 0.409 e. The van der Waals surface area contributed by atoms with Crippen molar-refractivity contribution in [2.75, 3.05) is 43.0 Å². The van der Waals surface area contributed by atoms with Gasteiger partial charge < -0.3 is 19.9 Å². The minimum absolute atomic E-state index is 0.212. The Balaban J connectivity index is 1.49. The molecule has 1 N–H and O–H groups in total. The standard InChI is InChI=1S/C22H29N5O2/c1-2-29-22(28)27-14-10-18(11-15-27)23-19-16-20(26-12-6-7-13-26)25-21(24-19)17-8-4-3-5-9-17/h3-5,8-9,16,18H,2,6-7,10-15H2,1H3,(H,23,24,25). The molecule has 2 aromatic rings. The van der Waals surface area contributed by atoms with Gasteiger partial charge in [-0.15, -0.1) is 0 Å². The van der Waals surface area contributed by atoms with Crippen molar-refractivity contribution in [3.05, 3.63) is 36.4 Å². The molecular weight excluding hydrogens is 366 g/mol. The molecule has 1 amide bonds. The average molecular weight is 396 g/mol. The van der Waals surface area contributed by atoms with Crippen molar-refractivity contribution in [1.82, 2.24) is 14.9 Å². The van der Waals surface area contributed by atoms with Gasteiger partial charge in [-0.1, -0.05) is 30.3 Å². The Morgan fingerprint density at radius 3 is 2.52 bits per heavy atom. The van der Waals surface area contributed by atoms with Crippen molar-refractivity contribution in [1.29, 1.82) is 0 Å². The highest BCUT2D eigenvalue weighted by molar-refractivity contribution is 5.67. The van der Waals surface area contributed by atoms with Gasteiger partial charge in [0.1, 0.15) is 11.6 Å². The Morgan fingerprint density at radius 2 is 1.83 bits per heavy atom. The number of piperidine rings is 1. The normalized spacial score (nSPS) is 17.4. The van der Waals surface area contributed by atoms with Gasteiger partial charge in [0.25, 0.3) is 0 Å². The third-order valence-electron chi connectivity index (χ3n) is 5.55. The van der Waals surface area contributed by atoms with E-state index in [9.17, 15) is 4.79 Å². The van der Waals surface area contributed by atoms with Crippen LogP contribution in [-0.2, 0) is 4.74 Å². The first kappa shape index (κ1) is 19.5. The van der Waals surface area contributed by atoms with Crippen LogP contribution in [0.25, 0.3) is 11.4 Å². The molecule has 2 aliphatic rings. The zero-order chi connectivity index (χ0) is 20.1. The lowest BCUT2D eigenvalue weighted by Gasteiger charge is -2.32. The lowest BCUT2D eigenvalue weighted by molar-refractivity contribution is 0.0983. The number of nitrogens with one attached hydrogen (secondary N) is 1. The van der Waals surface area contributed by atoms with E-state index in [2.05, 4.69) is 16.3 Å². The number of aromatic nitrogens is 2. The van der Waals surface area contributed by atoms with E-state index in [-0.39, 0.29) is 12.1 Å². The SMILES string of the molecule is CCOC(=O)N1CCC(Nc2cc(N3CCCC3)nc(-c3ccccc3)n2)CC1. The maximum atomic E-state index is 11.9. The molecule has 7 heteroatoms. The first-order valence-corrected chi connectivity index (χ1v) is 10.6. The van der Waals surface area contributed by atoms with Crippen molar-refractivity contribution in [2.24, 2.45) is 0 Å². The molecule has 0 unspecified atom stereocenters. The van der Waals surface area contributed by atoms with Crippen LogP contribution in [0.2, 0.25) is 0 Å². The molecule has 0 atom stereocenters. The van der Waals surface area contributed by atoms with E-state index in [0.717, 1.165) is 49.0 Å². The van der Waals surface area contributed by atoms with Crippen LogP contribution in [0, 0.1) is 0 Å². The molecule has 3 heterocycles. The quantitative estimate of drug-likeness (QED) is 0.831. The predicted molar refractivity (Wildman–Crippen MR) is 114 cm³/mol. The number of likely N-dealkylation sites (tertiary alicyclic amines) is 1. The van der Waals surface area contributed by atoms with E-state index >= 15 is 0 Å². The van der Waals surface area contributed by atoms with Gasteiger partial charge in [0.05, 0.1) is 6.61 Å². The zero-order valence-corrected chi connectivity index (χ0v) is 17.0. The third-order valence-corrected chi connectivity index (χ3v) is 5.55. The highest BCUT2D eigenvalue weighted by Gasteiger charge is 2.24. The molecule has 0 radical (unpaired) electrons. The molecule has 2 fully saturated rings. The summed E-state index contributed by atoms with van der Waals surface area (Å²) in [5.74, 6) is 2.60. The first-order chi connectivity index (χ1) is 14.2. The molecule has 154 valence electrons. The van der Waals surface area contributed by atoms with E-state index in [1.54, 1.807) is 4.90 Å². The van der Waals surface area contributed by atoms with Crippen LogP contribution >= 0.6 is 0 Å². The summed E-state index contributed by atoms with van der Waals surface area (Å²) >= 11 is 0. The number of benzene rings is 1. The smallest absolute Gasteiger partial charge is 0.409 e. The molecule has 1 aromatic heterocycles. The summed E-state index contributed by atoms with van der Waals surface area (Å²) in [6.07, 6.45) is 3.96. The fourth-order valence-electron chi connectivity index (χ4n) is 3.96. The number of nitrogens with zero attached hydrogens (tertiary/aromatic N) is 4. The van der Waals surface area contributed by atoms with E-state index in [0.29, 0.717) is 19.7 Å². The largest absolute Gasteiger partial charge is 0.450 e. The van der Waals surface area contributed by atoms with Crippen molar-refractivity contribution in [3.8, 4) is 11.4 Å². The summed E-state index contributed by atoms with van der Waals surface area (Å²) in [5, 5.41) is 3.59. The first-order valence-electron chi connectivity index (χ1n) is 10.6. The van der Waals surface area contributed by atoms with Crippen molar-refractivity contribution < 1.29 is 9.53 Å². The molecular formula is C22H29N5O2. The zero-order valence-electron chi connectivity index (χ0n) is 17.0. The van der Waals surface area contributed by atoms with Gasteiger partial charge in [-0.3, -0.25) is 0 Å². The van der Waals surface area contributed by atoms with Gasteiger partial charge in [-0.05, 0) is 32.6 Å². The van der Waals surface area contributed by atoms with Crippen LogP contribution in [0.4, 0.5) is 16.4 Å². The van der Waals surface area contributed by atoms with E-state index < -0.39 is 0 Å². The van der Waals surface area contributed by atoms with Crippen molar-refractivity contribution in [2.45, 2.75) is 38.6 Å². The van der Waals surface area contributed by atoms with Crippen molar-refractivity contribution in [3.63, 3.8) is 0 Å². The number of anilines is 2. The fourth-order valence-corrected chi connectivity index (χ4v) is 3.96. The predicted octanol–water partition coefficient (Wildman–Crippen LogP) is 3.78. The second-order valence-corrected chi connectivity index (χ2v) is 7.60. The molecule has 0 bridgehead atoms. The Morgan fingerprint density at radius 1 is 1.10 bits per heavy atom. The molecule has 0 spiro atoms. The molecule has 0 aliphatic carbocycles. The summed E-state index contributed by atoms with van der Waals surface area (Å²) in [5.41, 5.74) is 1.02. The summed E-state index contributed by atoms with van der Waals surface area (Å²) in [7, 11) is 0. The number of hydrogen-bond donors (Lipinski definition) is 1. The van der Waals surface area contributed by atoms with Crippen LogP contribution in [-0.4, -0.2) is 59.8 Å². The molecule has 1 aromatic carbocycles. The van der Waals surface area contributed by atoms with Gasteiger partial charge in [-0.25, -0.2) is 14.8 Å². The van der Waals surface area contributed by atoms with Crippen molar-refractivity contribution >= 4 is 17.7 Å². The Bertz CT molecular complexity index is 815. The molecule has 2 aliphatic heterocycles. The van der Waals surface area contributed by atoms with Gasteiger partial charge in [0.2, 0.25) is 0 Å². The average Bonchev–Trinajstić information content (AvgIpc) is 3.30. The van der Waals surface area contributed by atoms with Gasteiger partial charge in [0, 0.05) is 43.9 Å². The highest BCUT2D eigenvalue weighted by atomic mass is 16.6. The monoisotopic (exact) mass is 395 g/mol. The number of ether oxygens (including phenoxy) is 1. The maximum absolute atomic E-state index is 11.9. The number of amides is 1. The second kappa shape index (κ2) is 9.11. The van der Waals surface area contributed by atoms with Crippen LogP contribution in [0.1, 0.15) is 32.6 Å².